The van der Waals surface area contributed by atoms with Crippen LogP contribution in [0.5, 0.6) is 11.5 Å². The van der Waals surface area contributed by atoms with E-state index in [4.69, 9.17) is 4.74 Å². The summed E-state index contributed by atoms with van der Waals surface area (Å²) in [5, 5.41) is 12.6. The summed E-state index contributed by atoms with van der Waals surface area (Å²) >= 11 is 0. The number of hydrogen-bond acceptors (Lipinski definition) is 4. The summed E-state index contributed by atoms with van der Waals surface area (Å²) < 4.78 is 5.16. The lowest BCUT2D eigenvalue weighted by atomic mass is 9.97. The second kappa shape index (κ2) is 3.15. The van der Waals surface area contributed by atoms with Gasteiger partial charge in [0.15, 0.2) is 5.75 Å². The molecule has 1 aromatic rings. The minimum Gasteiger partial charge on any atom is -0.506 e. The number of esters is 1. The van der Waals surface area contributed by atoms with Crippen molar-refractivity contribution in [2.45, 2.75) is 25.8 Å². The van der Waals surface area contributed by atoms with Crippen LogP contribution in [0.25, 0.3) is 0 Å². The number of carbonyl (C=O) groups is 1. The van der Waals surface area contributed by atoms with E-state index >= 15 is 0 Å². The molecule has 0 aliphatic carbocycles. The number of anilines is 1. The Balaban J connectivity index is 2.48. The Morgan fingerprint density at radius 2 is 2.27 bits per heavy atom. The first-order valence-corrected chi connectivity index (χ1v) is 4.89. The van der Waals surface area contributed by atoms with Gasteiger partial charge in [-0.3, -0.25) is 0 Å². The van der Waals surface area contributed by atoms with Crippen molar-refractivity contribution in [2.24, 2.45) is 0 Å². The standard InChI is InChI=1S/C11H13NO3/c1-3-11(2)10(14)15-8-6-4-5-7(13)9(8)12-11/h4-6,12-13H,3H2,1-2H3. The topological polar surface area (TPSA) is 58.6 Å². The number of hydrogen-bond donors (Lipinski definition) is 2. The monoisotopic (exact) mass is 207 g/mol. The first-order chi connectivity index (χ1) is 7.07. The highest BCUT2D eigenvalue weighted by molar-refractivity contribution is 5.91. The van der Waals surface area contributed by atoms with Gasteiger partial charge in [0, 0.05) is 0 Å². The maximum absolute atomic E-state index is 11.7. The van der Waals surface area contributed by atoms with Crippen molar-refractivity contribution < 1.29 is 14.6 Å². The molecule has 2 rings (SSSR count). The molecule has 1 aromatic carbocycles. The average molecular weight is 207 g/mol. The van der Waals surface area contributed by atoms with Crippen molar-refractivity contribution in [3.63, 3.8) is 0 Å². The fourth-order valence-corrected chi connectivity index (χ4v) is 1.50. The number of ether oxygens (including phenoxy) is 1. The highest BCUT2D eigenvalue weighted by Gasteiger charge is 2.39. The molecule has 0 bridgehead atoms. The third kappa shape index (κ3) is 1.42. The number of carbonyl (C=O) groups excluding carboxylic acids is 1. The SMILES string of the molecule is CCC1(C)Nc2c(O)cccc2OC1=O. The van der Waals surface area contributed by atoms with Gasteiger partial charge < -0.3 is 15.2 Å². The smallest absolute Gasteiger partial charge is 0.336 e. The third-order valence-corrected chi connectivity index (χ3v) is 2.77. The maximum atomic E-state index is 11.7. The molecule has 80 valence electrons. The minimum absolute atomic E-state index is 0.0969. The lowest BCUT2D eigenvalue weighted by molar-refractivity contribution is -0.139. The molecule has 1 aliphatic rings. The van der Waals surface area contributed by atoms with Gasteiger partial charge >= 0.3 is 5.97 Å². The van der Waals surface area contributed by atoms with Gasteiger partial charge in [0.05, 0.1) is 0 Å². The molecule has 0 radical (unpaired) electrons. The van der Waals surface area contributed by atoms with Gasteiger partial charge in [-0.2, -0.15) is 0 Å². The third-order valence-electron chi connectivity index (χ3n) is 2.77. The van der Waals surface area contributed by atoms with Crippen LogP contribution in [-0.4, -0.2) is 16.6 Å². The molecule has 1 atom stereocenters. The molecule has 15 heavy (non-hydrogen) atoms. The molecule has 0 fully saturated rings. The van der Waals surface area contributed by atoms with Crippen molar-refractivity contribution in [2.75, 3.05) is 5.32 Å². The summed E-state index contributed by atoms with van der Waals surface area (Å²) in [5.74, 6) is 0.161. The Kier molecular flexibility index (Phi) is 2.07. The van der Waals surface area contributed by atoms with Crippen molar-refractivity contribution in [3.05, 3.63) is 18.2 Å². The zero-order valence-corrected chi connectivity index (χ0v) is 8.70. The van der Waals surface area contributed by atoms with E-state index in [0.717, 1.165) is 0 Å². The highest BCUT2D eigenvalue weighted by Crippen LogP contribution is 2.40. The molecular formula is C11H13NO3. The van der Waals surface area contributed by atoms with E-state index < -0.39 is 5.54 Å². The van der Waals surface area contributed by atoms with Crippen LogP contribution in [0, 0.1) is 0 Å². The number of fused-ring (bicyclic) bond motifs is 1. The lowest BCUT2D eigenvalue weighted by Gasteiger charge is -2.33. The van der Waals surface area contributed by atoms with Crippen LogP contribution < -0.4 is 10.1 Å². The number of aromatic hydroxyl groups is 1. The predicted octanol–water partition coefficient (Wildman–Crippen LogP) is 1.89. The van der Waals surface area contributed by atoms with Crippen LogP contribution >= 0.6 is 0 Å². The molecule has 2 N–H and O–H groups in total. The summed E-state index contributed by atoms with van der Waals surface area (Å²) in [6.07, 6.45) is 0.597. The predicted molar refractivity (Wildman–Crippen MR) is 56.1 cm³/mol. The molecule has 1 heterocycles. The molecular weight excluding hydrogens is 194 g/mol. The van der Waals surface area contributed by atoms with Crippen molar-refractivity contribution in [3.8, 4) is 11.5 Å². The second-order valence-electron chi connectivity index (χ2n) is 3.85. The number of nitrogens with one attached hydrogen (secondary N) is 1. The molecule has 0 saturated heterocycles. The van der Waals surface area contributed by atoms with Crippen LogP contribution in [0.1, 0.15) is 20.3 Å². The van der Waals surface area contributed by atoms with E-state index in [1.54, 1.807) is 25.1 Å². The highest BCUT2D eigenvalue weighted by atomic mass is 16.5. The molecule has 1 aliphatic heterocycles. The van der Waals surface area contributed by atoms with Crippen LogP contribution in [0.3, 0.4) is 0 Å². The summed E-state index contributed by atoms with van der Waals surface area (Å²) in [4.78, 5) is 11.7. The van der Waals surface area contributed by atoms with Crippen LogP contribution in [0.15, 0.2) is 18.2 Å². The number of benzene rings is 1. The zero-order valence-electron chi connectivity index (χ0n) is 8.70. The molecule has 4 nitrogen and oxygen atoms in total. The fourth-order valence-electron chi connectivity index (χ4n) is 1.50. The summed E-state index contributed by atoms with van der Waals surface area (Å²) in [5.41, 5.74) is -0.271. The van der Waals surface area contributed by atoms with Gasteiger partial charge in [-0.15, -0.1) is 0 Å². The first-order valence-electron chi connectivity index (χ1n) is 4.89. The largest absolute Gasteiger partial charge is 0.506 e. The van der Waals surface area contributed by atoms with Crippen molar-refractivity contribution in [1.29, 1.82) is 0 Å². The maximum Gasteiger partial charge on any atom is 0.336 e. The van der Waals surface area contributed by atoms with Gasteiger partial charge in [-0.1, -0.05) is 13.0 Å². The van der Waals surface area contributed by atoms with Gasteiger partial charge in [0.2, 0.25) is 0 Å². The van der Waals surface area contributed by atoms with Crippen molar-refractivity contribution in [1.82, 2.24) is 0 Å². The van der Waals surface area contributed by atoms with E-state index in [1.807, 2.05) is 6.92 Å². The summed E-state index contributed by atoms with van der Waals surface area (Å²) in [7, 11) is 0. The Hall–Kier alpha value is -1.71. The second-order valence-corrected chi connectivity index (χ2v) is 3.85. The molecule has 4 heteroatoms. The number of phenolic OH excluding ortho intramolecular Hbond substituents is 1. The Morgan fingerprint density at radius 3 is 2.93 bits per heavy atom. The Labute approximate surface area is 87.9 Å². The number of rotatable bonds is 1. The van der Waals surface area contributed by atoms with Gasteiger partial charge in [0.1, 0.15) is 17.0 Å². The lowest BCUT2D eigenvalue weighted by Crippen LogP contribution is -2.48. The van der Waals surface area contributed by atoms with Crippen LogP contribution in [0.2, 0.25) is 0 Å². The summed E-state index contributed by atoms with van der Waals surface area (Å²) in [6.45, 7) is 3.64. The Morgan fingerprint density at radius 1 is 1.53 bits per heavy atom. The normalized spacial score (nSPS) is 24.0. The van der Waals surface area contributed by atoms with Crippen LogP contribution in [0.4, 0.5) is 5.69 Å². The van der Waals surface area contributed by atoms with E-state index in [-0.39, 0.29) is 11.7 Å². The summed E-state index contributed by atoms with van der Waals surface area (Å²) in [6, 6.07) is 4.84. The van der Waals surface area contributed by atoms with E-state index in [9.17, 15) is 9.90 Å². The average Bonchev–Trinajstić information content (AvgIpc) is 2.22. The molecule has 0 amide bonds. The fraction of sp³-hybridized carbons (Fsp3) is 0.364. The van der Waals surface area contributed by atoms with E-state index in [0.29, 0.717) is 17.9 Å². The van der Waals surface area contributed by atoms with E-state index in [1.165, 1.54) is 0 Å². The van der Waals surface area contributed by atoms with E-state index in [2.05, 4.69) is 5.32 Å². The molecule has 0 spiro atoms. The molecule has 0 saturated carbocycles. The number of phenols is 1. The quantitative estimate of drug-likeness (QED) is 0.419. The van der Waals surface area contributed by atoms with Gasteiger partial charge in [-0.25, -0.2) is 4.79 Å². The van der Waals surface area contributed by atoms with Crippen LogP contribution in [-0.2, 0) is 4.79 Å². The zero-order chi connectivity index (χ0) is 11.1. The van der Waals surface area contributed by atoms with Gasteiger partial charge in [-0.05, 0) is 25.5 Å². The van der Waals surface area contributed by atoms with Crippen molar-refractivity contribution >= 4 is 11.7 Å². The minimum atomic E-state index is -0.758. The Bertz CT molecular complexity index is 416. The number of para-hydroxylation sites is 1. The first kappa shape index (κ1) is 9.83. The molecule has 0 aromatic heterocycles. The van der Waals surface area contributed by atoms with Gasteiger partial charge in [0.25, 0.3) is 0 Å². The molecule has 1 unspecified atom stereocenters.